The van der Waals surface area contributed by atoms with Gasteiger partial charge in [0.1, 0.15) is 5.41 Å². The van der Waals surface area contributed by atoms with E-state index in [1.54, 1.807) is 6.20 Å². The number of nitriles is 1. The average molecular weight is 314 g/mol. The molecule has 1 aromatic heterocycles. The summed E-state index contributed by atoms with van der Waals surface area (Å²) in [5, 5.41) is 12.5. The second-order valence-electron chi connectivity index (χ2n) is 4.18. The first-order valence-corrected chi connectivity index (χ1v) is 7.11. The summed E-state index contributed by atoms with van der Waals surface area (Å²) in [6, 6.07) is 2.20. The second kappa shape index (κ2) is 5.15. The van der Waals surface area contributed by atoms with Crippen molar-refractivity contribution >= 4 is 38.3 Å². The van der Waals surface area contributed by atoms with E-state index >= 15 is 0 Å². The van der Waals surface area contributed by atoms with E-state index in [9.17, 15) is 10.1 Å². The molecule has 1 aliphatic carbocycles. The fraction of sp³-hybridized carbons (Fsp3) is 0.545. The van der Waals surface area contributed by atoms with Gasteiger partial charge in [0.2, 0.25) is 5.91 Å². The summed E-state index contributed by atoms with van der Waals surface area (Å²) in [5.41, 5.74) is -0.851. The van der Waals surface area contributed by atoms with Crippen molar-refractivity contribution < 1.29 is 4.79 Å². The van der Waals surface area contributed by atoms with Crippen molar-refractivity contribution in [3.63, 3.8) is 0 Å². The third-order valence-electron chi connectivity index (χ3n) is 3.05. The third kappa shape index (κ3) is 2.67. The molecule has 1 heterocycles. The summed E-state index contributed by atoms with van der Waals surface area (Å²) >= 11 is 4.64. The van der Waals surface area contributed by atoms with Crippen LogP contribution in [-0.2, 0) is 4.79 Å². The Bertz CT molecular complexity index is 460. The van der Waals surface area contributed by atoms with Crippen molar-refractivity contribution in [2.75, 3.05) is 5.32 Å². The SMILES string of the molecule is N#CC1(C(=O)Nc2ncc(Br)s2)CCCCC1. The molecule has 90 valence electrons. The van der Waals surface area contributed by atoms with Crippen LogP contribution in [0.5, 0.6) is 0 Å². The Morgan fingerprint density at radius 3 is 2.76 bits per heavy atom. The fourth-order valence-corrected chi connectivity index (χ4v) is 3.18. The van der Waals surface area contributed by atoms with Crippen molar-refractivity contribution in [2.45, 2.75) is 32.1 Å². The molecule has 0 spiro atoms. The van der Waals surface area contributed by atoms with Crippen molar-refractivity contribution in [3.05, 3.63) is 9.98 Å². The molecule has 2 rings (SSSR count). The molecule has 0 atom stereocenters. The van der Waals surface area contributed by atoms with Crippen molar-refractivity contribution in [3.8, 4) is 6.07 Å². The Kier molecular flexibility index (Phi) is 3.79. The summed E-state index contributed by atoms with van der Waals surface area (Å²) in [6.45, 7) is 0. The fourth-order valence-electron chi connectivity index (χ4n) is 2.07. The van der Waals surface area contributed by atoms with Crippen LogP contribution < -0.4 is 5.32 Å². The Morgan fingerprint density at radius 1 is 1.53 bits per heavy atom. The maximum Gasteiger partial charge on any atom is 0.246 e. The Morgan fingerprint density at radius 2 is 2.24 bits per heavy atom. The standard InChI is InChI=1S/C11H12BrN3OS/c12-8-6-14-10(17-8)15-9(16)11(7-13)4-2-1-3-5-11/h6H,1-5H2,(H,14,15,16). The summed E-state index contributed by atoms with van der Waals surface area (Å²) in [5.74, 6) is -0.207. The van der Waals surface area contributed by atoms with Gasteiger partial charge in [-0.2, -0.15) is 5.26 Å². The number of thiazole rings is 1. The maximum atomic E-state index is 12.1. The zero-order valence-electron chi connectivity index (χ0n) is 9.20. The molecular weight excluding hydrogens is 302 g/mol. The van der Waals surface area contributed by atoms with Crippen LogP contribution in [0.2, 0.25) is 0 Å². The number of halogens is 1. The molecule has 1 aliphatic rings. The lowest BCUT2D eigenvalue weighted by Crippen LogP contribution is -2.36. The van der Waals surface area contributed by atoms with Crippen LogP contribution in [0.15, 0.2) is 9.98 Å². The highest BCUT2D eigenvalue weighted by molar-refractivity contribution is 9.11. The Labute approximate surface area is 112 Å². The van der Waals surface area contributed by atoms with Gasteiger partial charge in [-0.15, -0.1) is 0 Å². The zero-order valence-corrected chi connectivity index (χ0v) is 11.6. The summed E-state index contributed by atoms with van der Waals surface area (Å²) < 4.78 is 0.863. The molecule has 1 saturated carbocycles. The number of aromatic nitrogens is 1. The van der Waals surface area contributed by atoms with E-state index in [0.29, 0.717) is 18.0 Å². The van der Waals surface area contributed by atoms with Crippen LogP contribution in [0.25, 0.3) is 0 Å². The van der Waals surface area contributed by atoms with E-state index in [4.69, 9.17) is 0 Å². The molecule has 0 bridgehead atoms. The molecule has 1 amide bonds. The van der Waals surface area contributed by atoms with Gasteiger partial charge >= 0.3 is 0 Å². The number of anilines is 1. The Hall–Kier alpha value is -0.930. The number of hydrogen-bond donors (Lipinski definition) is 1. The molecule has 1 N–H and O–H groups in total. The van der Waals surface area contributed by atoms with E-state index in [2.05, 4.69) is 32.3 Å². The molecule has 6 heteroatoms. The highest BCUT2D eigenvalue weighted by Crippen LogP contribution is 2.37. The largest absolute Gasteiger partial charge is 0.301 e. The van der Waals surface area contributed by atoms with Gasteiger partial charge in [-0.3, -0.25) is 4.79 Å². The van der Waals surface area contributed by atoms with Gasteiger partial charge in [-0.25, -0.2) is 4.98 Å². The summed E-state index contributed by atoms with van der Waals surface area (Å²) in [4.78, 5) is 16.2. The predicted octanol–water partition coefficient (Wildman–Crippen LogP) is 3.32. The lowest BCUT2D eigenvalue weighted by molar-refractivity contribution is -0.124. The van der Waals surface area contributed by atoms with E-state index < -0.39 is 5.41 Å². The molecular formula is C11H12BrN3OS. The first-order valence-electron chi connectivity index (χ1n) is 5.50. The molecule has 0 aromatic carbocycles. The number of rotatable bonds is 2. The minimum Gasteiger partial charge on any atom is -0.301 e. The second-order valence-corrected chi connectivity index (χ2v) is 6.59. The van der Waals surface area contributed by atoms with Crippen LogP contribution in [0.1, 0.15) is 32.1 Å². The normalized spacial score (nSPS) is 18.4. The van der Waals surface area contributed by atoms with Gasteiger partial charge < -0.3 is 5.32 Å². The van der Waals surface area contributed by atoms with E-state index in [0.717, 1.165) is 23.0 Å². The highest BCUT2D eigenvalue weighted by Gasteiger charge is 2.40. The summed E-state index contributed by atoms with van der Waals surface area (Å²) in [6.07, 6.45) is 5.95. The maximum absolute atomic E-state index is 12.1. The van der Waals surface area contributed by atoms with Gasteiger partial charge in [0, 0.05) is 0 Å². The van der Waals surface area contributed by atoms with Gasteiger partial charge in [-0.1, -0.05) is 30.6 Å². The van der Waals surface area contributed by atoms with Crippen LogP contribution >= 0.6 is 27.3 Å². The molecule has 1 fully saturated rings. The minimum atomic E-state index is -0.851. The zero-order chi connectivity index (χ0) is 12.3. The topological polar surface area (TPSA) is 65.8 Å². The molecule has 0 saturated heterocycles. The molecule has 1 aromatic rings. The number of carbonyl (C=O) groups is 1. The first kappa shape index (κ1) is 12.5. The first-order chi connectivity index (χ1) is 8.16. The lowest BCUT2D eigenvalue weighted by Gasteiger charge is -2.28. The number of hydrogen-bond acceptors (Lipinski definition) is 4. The van der Waals surface area contributed by atoms with Crippen molar-refractivity contribution in [1.29, 1.82) is 5.26 Å². The van der Waals surface area contributed by atoms with Crippen LogP contribution in [0, 0.1) is 16.7 Å². The van der Waals surface area contributed by atoms with Gasteiger partial charge in [0.25, 0.3) is 0 Å². The monoisotopic (exact) mass is 313 g/mol. The highest BCUT2D eigenvalue weighted by atomic mass is 79.9. The molecule has 17 heavy (non-hydrogen) atoms. The molecule has 4 nitrogen and oxygen atoms in total. The molecule has 0 unspecified atom stereocenters. The summed E-state index contributed by atoms with van der Waals surface area (Å²) in [7, 11) is 0. The van der Waals surface area contributed by atoms with E-state index in [1.807, 2.05) is 0 Å². The minimum absolute atomic E-state index is 0.207. The molecule has 0 radical (unpaired) electrons. The number of nitrogens with zero attached hydrogens (tertiary/aromatic N) is 2. The van der Waals surface area contributed by atoms with Gasteiger partial charge in [0.05, 0.1) is 16.1 Å². The van der Waals surface area contributed by atoms with Crippen LogP contribution in [0.3, 0.4) is 0 Å². The van der Waals surface area contributed by atoms with Crippen LogP contribution in [0.4, 0.5) is 5.13 Å². The quantitative estimate of drug-likeness (QED) is 0.910. The average Bonchev–Trinajstić information content (AvgIpc) is 2.75. The number of nitrogens with one attached hydrogen (secondary N) is 1. The predicted molar refractivity (Wildman–Crippen MR) is 69.6 cm³/mol. The molecule has 0 aliphatic heterocycles. The third-order valence-corrected chi connectivity index (χ3v) is 4.45. The van der Waals surface area contributed by atoms with Crippen molar-refractivity contribution in [2.24, 2.45) is 5.41 Å². The Balaban J connectivity index is 2.10. The van der Waals surface area contributed by atoms with Crippen molar-refractivity contribution in [1.82, 2.24) is 4.98 Å². The van der Waals surface area contributed by atoms with E-state index in [-0.39, 0.29) is 5.91 Å². The van der Waals surface area contributed by atoms with Crippen LogP contribution in [-0.4, -0.2) is 10.9 Å². The van der Waals surface area contributed by atoms with Gasteiger partial charge in [0.15, 0.2) is 5.13 Å². The van der Waals surface area contributed by atoms with Gasteiger partial charge in [-0.05, 0) is 28.8 Å². The smallest absolute Gasteiger partial charge is 0.246 e. The lowest BCUT2D eigenvalue weighted by atomic mass is 9.74. The number of amides is 1. The number of carbonyl (C=O) groups excluding carboxylic acids is 1. The van der Waals surface area contributed by atoms with E-state index in [1.165, 1.54) is 11.3 Å².